The highest BCUT2D eigenvalue weighted by molar-refractivity contribution is 9.10. The van der Waals surface area contributed by atoms with Crippen LogP contribution in [0.2, 0.25) is 5.02 Å². The third-order valence-corrected chi connectivity index (χ3v) is 6.40. The number of carbonyl (C=O) groups is 2. The third-order valence-electron chi connectivity index (χ3n) is 5.13. The van der Waals surface area contributed by atoms with Gasteiger partial charge in [-0.1, -0.05) is 55.6 Å². The zero-order valence-electron chi connectivity index (χ0n) is 15.6. The van der Waals surface area contributed by atoms with Crippen LogP contribution < -0.4 is 4.90 Å². The summed E-state index contributed by atoms with van der Waals surface area (Å²) in [4.78, 5) is 27.8. The molecule has 0 saturated carbocycles. The number of hydrogen-bond acceptors (Lipinski definition) is 3. The monoisotopic (exact) mass is 547 g/mol. The Balaban J connectivity index is 1.70. The van der Waals surface area contributed by atoms with Crippen LogP contribution in [0.1, 0.15) is 27.9 Å². The van der Waals surface area contributed by atoms with Gasteiger partial charge < -0.3 is 10.0 Å². The number of aliphatic hydroxyl groups is 1. The second-order valence-corrected chi connectivity index (χ2v) is 9.41. The van der Waals surface area contributed by atoms with E-state index in [1.807, 2.05) is 30.3 Å². The fourth-order valence-corrected chi connectivity index (χ4v) is 4.34. The highest BCUT2D eigenvalue weighted by atomic mass is 79.9. The molecule has 7 heteroatoms. The number of hydrogen-bond donors (Lipinski definition) is 1. The van der Waals surface area contributed by atoms with Gasteiger partial charge in [-0.15, -0.1) is 0 Å². The normalized spacial score (nSPS) is 17.9. The molecule has 152 valence electrons. The van der Waals surface area contributed by atoms with E-state index in [9.17, 15) is 14.7 Å². The quantitative estimate of drug-likeness (QED) is 0.405. The van der Waals surface area contributed by atoms with Crippen molar-refractivity contribution < 1.29 is 14.7 Å². The van der Waals surface area contributed by atoms with Crippen LogP contribution in [0.3, 0.4) is 0 Å². The van der Waals surface area contributed by atoms with Crippen LogP contribution in [0.5, 0.6) is 0 Å². The van der Waals surface area contributed by atoms with Gasteiger partial charge in [-0.05, 0) is 60.2 Å². The number of Topliss-reactive ketones (excluding diaryl/α,β-unsaturated/α-hetero) is 1. The van der Waals surface area contributed by atoms with E-state index < -0.39 is 11.5 Å². The van der Waals surface area contributed by atoms with Crippen LogP contribution in [0, 0.1) is 0 Å². The molecule has 1 N–H and O–H groups in total. The molecular weight excluding hydrogens is 534 g/mol. The molecule has 1 heterocycles. The number of anilines is 1. The van der Waals surface area contributed by atoms with Gasteiger partial charge in [0.25, 0.3) is 5.91 Å². The Bertz CT molecular complexity index is 1130. The first kappa shape index (κ1) is 21.2. The first-order valence-corrected chi connectivity index (χ1v) is 11.1. The molecule has 1 aliphatic rings. The molecule has 1 atom stereocenters. The summed E-state index contributed by atoms with van der Waals surface area (Å²) in [6.45, 7) is 0.290. The Morgan fingerprint density at radius 3 is 2.27 bits per heavy atom. The van der Waals surface area contributed by atoms with Crippen molar-refractivity contribution in [1.29, 1.82) is 0 Å². The topological polar surface area (TPSA) is 57.6 Å². The largest absolute Gasteiger partial charge is 0.375 e. The molecule has 0 radical (unpaired) electrons. The molecular formula is C23H16Br2ClNO3. The summed E-state index contributed by atoms with van der Waals surface area (Å²) in [5, 5.41) is 12.0. The van der Waals surface area contributed by atoms with E-state index >= 15 is 0 Å². The maximum atomic E-state index is 13.4. The van der Waals surface area contributed by atoms with E-state index in [1.165, 1.54) is 4.90 Å². The molecule has 0 saturated heterocycles. The van der Waals surface area contributed by atoms with Crippen molar-refractivity contribution in [1.82, 2.24) is 0 Å². The number of nitrogens with zero attached hydrogens (tertiary/aromatic N) is 1. The molecule has 1 unspecified atom stereocenters. The molecule has 0 fully saturated rings. The summed E-state index contributed by atoms with van der Waals surface area (Å²) in [5.41, 5.74) is 0.377. The second-order valence-electron chi connectivity index (χ2n) is 7.15. The van der Waals surface area contributed by atoms with Crippen molar-refractivity contribution in [2.45, 2.75) is 18.6 Å². The number of carbonyl (C=O) groups excluding carboxylic acids is 2. The van der Waals surface area contributed by atoms with Crippen LogP contribution in [0.4, 0.5) is 5.69 Å². The predicted octanol–water partition coefficient (Wildman–Crippen LogP) is 5.87. The second kappa shape index (κ2) is 8.27. The fourth-order valence-electron chi connectivity index (χ4n) is 3.59. The molecule has 1 amide bonds. The smallest absolute Gasteiger partial charge is 0.264 e. The van der Waals surface area contributed by atoms with Gasteiger partial charge in [0.05, 0.1) is 18.7 Å². The van der Waals surface area contributed by atoms with Crippen molar-refractivity contribution in [2.24, 2.45) is 0 Å². The Kier molecular flexibility index (Phi) is 5.86. The van der Waals surface area contributed by atoms with E-state index in [0.29, 0.717) is 21.8 Å². The van der Waals surface area contributed by atoms with E-state index in [-0.39, 0.29) is 18.7 Å². The van der Waals surface area contributed by atoms with Crippen molar-refractivity contribution >= 4 is 60.8 Å². The molecule has 0 bridgehead atoms. The lowest BCUT2D eigenvalue weighted by atomic mass is 9.88. The molecule has 0 aromatic heterocycles. The van der Waals surface area contributed by atoms with Gasteiger partial charge in [-0.3, -0.25) is 9.59 Å². The lowest BCUT2D eigenvalue weighted by Gasteiger charge is -2.23. The van der Waals surface area contributed by atoms with Gasteiger partial charge in [-0.2, -0.15) is 0 Å². The summed E-state index contributed by atoms with van der Waals surface area (Å²) in [7, 11) is 0. The fraction of sp³-hybridized carbons (Fsp3) is 0.130. The van der Waals surface area contributed by atoms with Crippen LogP contribution in [0.15, 0.2) is 75.7 Å². The maximum absolute atomic E-state index is 13.4. The summed E-state index contributed by atoms with van der Waals surface area (Å²) in [5.74, 6) is -0.847. The number of benzene rings is 3. The van der Waals surface area contributed by atoms with Crippen molar-refractivity contribution in [3.63, 3.8) is 0 Å². The van der Waals surface area contributed by atoms with E-state index in [1.54, 1.807) is 36.4 Å². The number of rotatable bonds is 5. The standard InChI is InChI=1S/C23H16Br2ClNO3/c24-16-5-1-14(2-6-16)13-27-20-10-7-17(25)11-19(20)23(30,22(27)29)12-21(28)15-3-8-18(26)9-4-15/h1-11,30H,12-13H2. The summed E-state index contributed by atoms with van der Waals surface area (Å²) in [6.07, 6.45) is -0.353. The zero-order valence-corrected chi connectivity index (χ0v) is 19.5. The zero-order chi connectivity index (χ0) is 21.5. The minimum atomic E-state index is -1.94. The molecule has 4 rings (SSSR count). The summed E-state index contributed by atoms with van der Waals surface area (Å²) in [6, 6.07) is 19.3. The third kappa shape index (κ3) is 3.97. The van der Waals surface area contributed by atoms with Crippen LogP contribution in [-0.4, -0.2) is 16.8 Å². The van der Waals surface area contributed by atoms with E-state index in [4.69, 9.17) is 11.6 Å². The number of halogens is 3. The minimum Gasteiger partial charge on any atom is -0.375 e. The summed E-state index contributed by atoms with van der Waals surface area (Å²) >= 11 is 12.7. The Hall–Kier alpha value is -1.99. The molecule has 0 aliphatic carbocycles. The van der Waals surface area contributed by atoms with Crippen LogP contribution in [0.25, 0.3) is 0 Å². The van der Waals surface area contributed by atoms with Crippen LogP contribution >= 0.6 is 43.5 Å². The average molecular weight is 550 g/mol. The predicted molar refractivity (Wildman–Crippen MR) is 124 cm³/mol. The van der Waals surface area contributed by atoms with Gasteiger partial charge >= 0.3 is 0 Å². The van der Waals surface area contributed by atoms with Gasteiger partial charge in [0.15, 0.2) is 11.4 Å². The lowest BCUT2D eigenvalue weighted by Crippen LogP contribution is -2.41. The van der Waals surface area contributed by atoms with E-state index in [0.717, 1.165) is 14.5 Å². The van der Waals surface area contributed by atoms with Gasteiger partial charge in [0, 0.05) is 25.1 Å². The minimum absolute atomic E-state index is 0.290. The lowest BCUT2D eigenvalue weighted by molar-refractivity contribution is -0.136. The van der Waals surface area contributed by atoms with E-state index in [2.05, 4.69) is 31.9 Å². The first-order chi connectivity index (χ1) is 14.3. The van der Waals surface area contributed by atoms with Crippen molar-refractivity contribution in [3.8, 4) is 0 Å². The Morgan fingerprint density at radius 1 is 0.967 bits per heavy atom. The van der Waals surface area contributed by atoms with Crippen molar-refractivity contribution in [2.75, 3.05) is 4.90 Å². The average Bonchev–Trinajstić information content (AvgIpc) is 2.91. The first-order valence-electron chi connectivity index (χ1n) is 9.15. The number of ketones is 1. The maximum Gasteiger partial charge on any atom is 0.264 e. The van der Waals surface area contributed by atoms with Gasteiger partial charge in [0.2, 0.25) is 0 Å². The highest BCUT2D eigenvalue weighted by Crippen LogP contribution is 2.44. The molecule has 3 aromatic carbocycles. The van der Waals surface area contributed by atoms with Gasteiger partial charge in [0.1, 0.15) is 0 Å². The Labute approximate surface area is 195 Å². The molecule has 1 aliphatic heterocycles. The molecule has 30 heavy (non-hydrogen) atoms. The van der Waals surface area contributed by atoms with Crippen LogP contribution in [-0.2, 0) is 16.9 Å². The number of amides is 1. The number of fused-ring (bicyclic) bond motifs is 1. The highest BCUT2D eigenvalue weighted by Gasteiger charge is 2.51. The molecule has 4 nitrogen and oxygen atoms in total. The van der Waals surface area contributed by atoms with Crippen molar-refractivity contribution in [3.05, 3.63) is 97.4 Å². The molecule has 3 aromatic rings. The molecule has 0 spiro atoms. The SMILES string of the molecule is O=C(CC1(O)C(=O)N(Cc2ccc(Br)cc2)c2ccc(Br)cc21)c1ccc(Cl)cc1. The summed E-state index contributed by atoms with van der Waals surface area (Å²) < 4.78 is 1.66. The van der Waals surface area contributed by atoms with Gasteiger partial charge in [-0.25, -0.2) is 0 Å². The Morgan fingerprint density at radius 2 is 1.60 bits per heavy atom.